The average molecular weight is 338 g/mol. The number of aliphatic hydroxyl groups excluding tert-OH is 1. The maximum Gasteiger partial charge on any atom is 0.151 e. The van der Waals surface area contributed by atoms with Gasteiger partial charge in [-0.15, -0.1) is 0 Å². The van der Waals surface area contributed by atoms with Gasteiger partial charge in [-0.05, 0) is 18.1 Å². The molecule has 1 aliphatic heterocycles. The maximum absolute atomic E-state index is 11.6. The SMILES string of the molecule is O=S1(=O)CCC(N(CCO)Cc2cccc(Cl)c2Cl)C1. The fraction of sp³-hybridized carbons (Fsp3) is 0.538. The molecule has 0 aliphatic carbocycles. The minimum absolute atomic E-state index is 0.0191. The van der Waals surface area contributed by atoms with E-state index in [9.17, 15) is 13.5 Å². The van der Waals surface area contributed by atoms with Gasteiger partial charge in [0.15, 0.2) is 9.84 Å². The monoisotopic (exact) mass is 337 g/mol. The lowest BCUT2D eigenvalue weighted by Crippen LogP contribution is -2.37. The molecule has 1 aromatic carbocycles. The Hall–Kier alpha value is -0.330. The van der Waals surface area contributed by atoms with Crippen molar-refractivity contribution >= 4 is 33.0 Å². The van der Waals surface area contributed by atoms with Crippen LogP contribution in [0, 0.1) is 0 Å². The Morgan fingerprint density at radius 3 is 2.70 bits per heavy atom. The molecule has 1 heterocycles. The molecule has 0 amide bonds. The van der Waals surface area contributed by atoms with Gasteiger partial charge >= 0.3 is 0 Å². The third-order valence-electron chi connectivity index (χ3n) is 3.52. The van der Waals surface area contributed by atoms with E-state index in [1.807, 2.05) is 17.0 Å². The van der Waals surface area contributed by atoms with Gasteiger partial charge in [-0.3, -0.25) is 4.90 Å². The number of sulfone groups is 1. The number of hydrogen-bond donors (Lipinski definition) is 1. The average Bonchev–Trinajstić information content (AvgIpc) is 2.74. The fourth-order valence-electron chi connectivity index (χ4n) is 2.47. The second-order valence-corrected chi connectivity index (χ2v) is 7.98. The Morgan fingerprint density at radius 2 is 2.10 bits per heavy atom. The highest BCUT2D eigenvalue weighted by Crippen LogP contribution is 2.28. The Kier molecular flexibility index (Phi) is 5.31. The molecule has 1 atom stereocenters. The molecular weight excluding hydrogens is 321 g/mol. The summed E-state index contributed by atoms with van der Waals surface area (Å²) in [4.78, 5) is 1.96. The van der Waals surface area contributed by atoms with Crippen LogP contribution in [0.15, 0.2) is 18.2 Å². The van der Waals surface area contributed by atoms with Crippen LogP contribution in [-0.4, -0.2) is 49.1 Å². The predicted molar refractivity (Wildman–Crippen MR) is 81.0 cm³/mol. The normalized spacial score (nSPS) is 21.5. The first kappa shape index (κ1) is 16.0. The summed E-state index contributed by atoms with van der Waals surface area (Å²) < 4.78 is 23.2. The second-order valence-electron chi connectivity index (χ2n) is 4.96. The van der Waals surface area contributed by atoms with E-state index in [0.29, 0.717) is 29.6 Å². The number of halogens is 2. The molecule has 112 valence electrons. The highest BCUT2D eigenvalue weighted by Gasteiger charge is 2.32. The molecule has 0 spiro atoms. The first-order valence-electron chi connectivity index (χ1n) is 6.41. The van der Waals surface area contributed by atoms with Crippen LogP contribution in [0.3, 0.4) is 0 Å². The molecule has 1 N–H and O–H groups in total. The quantitative estimate of drug-likeness (QED) is 0.892. The van der Waals surface area contributed by atoms with Crippen molar-refractivity contribution in [2.45, 2.75) is 19.0 Å². The van der Waals surface area contributed by atoms with E-state index in [-0.39, 0.29) is 24.2 Å². The van der Waals surface area contributed by atoms with Crippen LogP contribution in [0.1, 0.15) is 12.0 Å². The van der Waals surface area contributed by atoms with Crippen LogP contribution in [0.5, 0.6) is 0 Å². The minimum atomic E-state index is -2.95. The van der Waals surface area contributed by atoms with Crippen molar-refractivity contribution < 1.29 is 13.5 Å². The Morgan fingerprint density at radius 1 is 1.35 bits per heavy atom. The van der Waals surface area contributed by atoms with Gasteiger partial charge in [-0.25, -0.2) is 8.42 Å². The molecule has 20 heavy (non-hydrogen) atoms. The summed E-state index contributed by atoms with van der Waals surface area (Å²) in [6, 6.07) is 5.32. The van der Waals surface area contributed by atoms with Gasteiger partial charge in [0, 0.05) is 19.1 Å². The number of rotatable bonds is 5. The minimum Gasteiger partial charge on any atom is -0.395 e. The van der Waals surface area contributed by atoms with E-state index in [0.717, 1.165) is 5.56 Å². The number of nitrogens with zero attached hydrogens (tertiary/aromatic N) is 1. The van der Waals surface area contributed by atoms with E-state index >= 15 is 0 Å². The number of hydrogen-bond acceptors (Lipinski definition) is 4. The van der Waals surface area contributed by atoms with Crippen LogP contribution in [0.25, 0.3) is 0 Å². The van der Waals surface area contributed by atoms with E-state index in [1.54, 1.807) is 6.07 Å². The van der Waals surface area contributed by atoms with Crippen molar-refractivity contribution in [1.82, 2.24) is 4.90 Å². The van der Waals surface area contributed by atoms with Crippen LogP contribution in [-0.2, 0) is 16.4 Å². The summed E-state index contributed by atoms with van der Waals surface area (Å²) in [5.74, 6) is 0.355. The lowest BCUT2D eigenvalue weighted by atomic mass is 10.1. The standard InChI is InChI=1S/C13H17Cl2NO3S/c14-12-3-1-2-10(13(12)15)8-16(5-6-17)11-4-7-20(18,19)9-11/h1-3,11,17H,4-9H2. The maximum atomic E-state index is 11.6. The summed E-state index contributed by atoms with van der Waals surface area (Å²) in [5, 5.41) is 10.1. The number of benzene rings is 1. The Labute approximate surface area is 129 Å². The summed E-state index contributed by atoms with van der Waals surface area (Å²) >= 11 is 12.1. The molecule has 7 heteroatoms. The predicted octanol–water partition coefficient (Wildman–Crippen LogP) is 1.97. The summed E-state index contributed by atoms with van der Waals surface area (Å²) in [5.41, 5.74) is 0.844. The van der Waals surface area contributed by atoms with Gasteiger partial charge in [-0.1, -0.05) is 35.3 Å². The molecule has 1 aromatic rings. The van der Waals surface area contributed by atoms with Crippen LogP contribution in [0.2, 0.25) is 10.0 Å². The van der Waals surface area contributed by atoms with Crippen LogP contribution < -0.4 is 0 Å². The number of aliphatic hydroxyl groups is 1. The van der Waals surface area contributed by atoms with Crippen molar-refractivity contribution in [1.29, 1.82) is 0 Å². The van der Waals surface area contributed by atoms with E-state index in [1.165, 1.54) is 0 Å². The zero-order chi connectivity index (χ0) is 14.8. The third-order valence-corrected chi connectivity index (χ3v) is 6.13. The Balaban J connectivity index is 2.16. The van der Waals surface area contributed by atoms with Crippen LogP contribution >= 0.6 is 23.2 Å². The highest BCUT2D eigenvalue weighted by atomic mass is 35.5. The second kappa shape index (κ2) is 6.62. The summed E-state index contributed by atoms with van der Waals surface area (Å²) in [6.07, 6.45) is 0.598. The lowest BCUT2D eigenvalue weighted by molar-refractivity contribution is 0.154. The van der Waals surface area contributed by atoms with Gasteiger partial charge in [0.25, 0.3) is 0 Å². The summed E-state index contributed by atoms with van der Waals surface area (Å²) in [7, 11) is -2.95. The van der Waals surface area contributed by atoms with Crippen molar-refractivity contribution in [2.75, 3.05) is 24.7 Å². The molecule has 1 unspecified atom stereocenters. The molecule has 1 fully saturated rings. The van der Waals surface area contributed by atoms with E-state index in [4.69, 9.17) is 23.2 Å². The van der Waals surface area contributed by atoms with Crippen LogP contribution in [0.4, 0.5) is 0 Å². The molecule has 0 aromatic heterocycles. The topological polar surface area (TPSA) is 57.6 Å². The van der Waals surface area contributed by atoms with Gasteiger partial charge < -0.3 is 5.11 Å². The van der Waals surface area contributed by atoms with Crippen molar-refractivity contribution in [3.63, 3.8) is 0 Å². The first-order chi connectivity index (χ1) is 9.43. The van der Waals surface area contributed by atoms with E-state index in [2.05, 4.69) is 0 Å². The third kappa shape index (κ3) is 3.86. The molecule has 0 bridgehead atoms. The molecule has 4 nitrogen and oxygen atoms in total. The highest BCUT2D eigenvalue weighted by molar-refractivity contribution is 7.91. The van der Waals surface area contributed by atoms with Gasteiger partial charge in [0.05, 0.1) is 28.2 Å². The zero-order valence-corrected chi connectivity index (χ0v) is 13.3. The fourth-order valence-corrected chi connectivity index (χ4v) is 4.61. The van der Waals surface area contributed by atoms with E-state index < -0.39 is 9.84 Å². The van der Waals surface area contributed by atoms with Crippen molar-refractivity contribution in [3.8, 4) is 0 Å². The summed E-state index contributed by atoms with van der Waals surface area (Å²) in [6.45, 7) is 0.887. The Bertz CT molecular complexity index is 577. The molecule has 2 rings (SSSR count). The van der Waals surface area contributed by atoms with Gasteiger partial charge in [0.1, 0.15) is 0 Å². The molecule has 0 saturated carbocycles. The molecule has 1 aliphatic rings. The van der Waals surface area contributed by atoms with Gasteiger partial charge in [-0.2, -0.15) is 0 Å². The van der Waals surface area contributed by atoms with Crippen molar-refractivity contribution in [2.24, 2.45) is 0 Å². The molecule has 0 radical (unpaired) electrons. The largest absolute Gasteiger partial charge is 0.395 e. The first-order valence-corrected chi connectivity index (χ1v) is 8.99. The van der Waals surface area contributed by atoms with Crippen molar-refractivity contribution in [3.05, 3.63) is 33.8 Å². The van der Waals surface area contributed by atoms with Gasteiger partial charge in [0.2, 0.25) is 0 Å². The zero-order valence-electron chi connectivity index (χ0n) is 10.9. The smallest absolute Gasteiger partial charge is 0.151 e. The molecule has 1 saturated heterocycles. The molecular formula is C13H17Cl2NO3S. The lowest BCUT2D eigenvalue weighted by Gasteiger charge is -2.27.